The van der Waals surface area contributed by atoms with Crippen molar-refractivity contribution in [2.45, 2.75) is 31.9 Å². The van der Waals surface area contributed by atoms with E-state index >= 15 is 0 Å². The summed E-state index contributed by atoms with van der Waals surface area (Å²) in [5, 5.41) is 21.6. The molecule has 0 bridgehead atoms. The molecule has 16 heteroatoms. The molecular formula is C19H15F2N9O4S. The van der Waals surface area contributed by atoms with Gasteiger partial charge in [0.2, 0.25) is 6.33 Å². The third kappa shape index (κ3) is 4.30. The molecule has 4 heterocycles. The second-order valence-electron chi connectivity index (χ2n) is 7.74. The second-order valence-corrected chi connectivity index (χ2v) is 8.74. The van der Waals surface area contributed by atoms with Crippen molar-refractivity contribution >= 4 is 45.0 Å². The maximum absolute atomic E-state index is 13.4. The number of primary amides is 1. The Labute approximate surface area is 197 Å². The summed E-state index contributed by atoms with van der Waals surface area (Å²) in [6, 6.07) is 2.71. The van der Waals surface area contributed by atoms with Gasteiger partial charge in [0, 0.05) is 16.7 Å². The fourth-order valence-corrected chi connectivity index (χ4v) is 4.61. The fraction of sp³-hybridized carbons (Fsp3) is 0.263. The zero-order valence-electron chi connectivity index (χ0n) is 17.6. The summed E-state index contributed by atoms with van der Waals surface area (Å²) in [6.45, 7) is -0.0474. The molecule has 180 valence electrons. The molecule has 1 saturated carbocycles. The first-order valence-corrected chi connectivity index (χ1v) is 11.0. The SMILES string of the molecule is NC(=O)c1sc2nc(C(F)F)cc(C3CC3)c2c1NC(=O)c1ccn(Cn2cnc([N+](=O)[O-])n2)n1. The van der Waals surface area contributed by atoms with Crippen molar-refractivity contribution in [3.05, 3.63) is 56.6 Å². The number of nitro groups is 1. The quantitative estimate of drug-likeness (QED) is 0.272. The van der Waals surface area contributed by atoms with Gasteiger partial charge in [-0.25, -0.2) is 18.4 Å². The van der Waals surface area contributed by atoms with Gasteiger partial charge in [-0.05, 0) is 41.4 Å². The Kier molecular flexibility index (Phi) is 5.43. The number of anilines is 1. The summed E-state index contributed by atoms with van der Waals surface area (Å²) in [6.07, 6.45) is 1.40. The van der Waals surface area contributed by atoms with Crippen LogP contribution in [0.3, 0.4) is 0 Å². The van der Waals surface area contributed by atoms with Crippen LogP contribution in [0.15, 0.2) is 24.7 Å². The lowest BCUT2D eigenvalue weighted by molar-refractivity contribution is -0.394. The minimum Gasteiger partial charge on any atom is -0.390 e. The first-order valence-electron chi connectivity index (χ1n) is 10.1. The van der Waals surface area contributed by atoms with Crippen molar-refractivity contribution in [1.29, 1.82) is 0 Å². The lowest BCUT2D eigenvalue weighted by Crippen LogP contribution is -2.18. The van der Waals surface area contributed by atoms with Gasteiger partial charge in [0.05, 0.1) is 5.69 Å². The fourth-order valence-electron chi connectivity index (χ4n) is 3.59. The second kappa shape index (κ2) is 8.46. The molecule has 4 aromatic rings. The highest BCUT2D eigenvalue weighted by molar-refractivity contribution is 7.21. The number of amides is 2. The molecule has 0 atom stereocenters. The van der Waals surface area contributed by atoms with Gasteiger partial charge < -0.3 is 21.2 Å². The van der Waals surface area contributed by atoms with E-state index in [4.69, 9.17) is 5.73 Å². The minimum atomic E-state index is -2.79. The van der Waals surface area contributed by atoms with Crippen LogP contribution in [0, 0.1) is 10.1 Å². The Morgan fingerprint density at radius 2 is 2.09 bits per heavy atom. The molecule has 3 N–H and O–H groups in total. The van der Waals surface area contributed by atoms with E-state index in [2.05, 4.69) is 25.5 Å². The van der Waals surface area contributed by atoms with Crippen molar-refractivity contribution in [3.63, 3.8) is 0 Å². The molecule has 0 saturated heterocycles. The predicted molar refractivity (Wildman–Crippen MR) is 117 cm³/mol. The summed E-state index contributed by atoms with van der Waals surface area (Å²) < 4.78 is 29.2. The molecule has 0 aliphatic heterocycles. The number of hydrogen-bond donors (Lipinski definition) is 2. The maximum Gasteiger partial charge on any atom is 0.491 e. The Balaban J connectivity index is 1.46. The highest BCUT2D eigenvalue weighted by atomic mass is 32.1. The number of rotatable bonds is 8. The third-order valence-electron chi connectivity index (χ3n) is 5.27. The number of pyridine rings is 1. The number of fused-ring (bicyclic) bond motifs is 1. The Bertz CT molecular complexity index is 1490. The molecule has 13 nitrogen and oxygen atoms in total. The lowest BCUT2D eigenvalue weighted by atomic mass is 10.0. The van der Waals surface area contributed by atoms with Gasteiger partial charge in [0.15, 0.2) is 12.4 Å². The van der Waals surface area contributed by atoms with E-state index in [1.807, 2.05) is 0 Å². The van der Waals surface area contributed by atoms with E-state index in [0.717, 1.165) is 30.5 Å². The number of aromatic nitrogens is 6. The van der Waals surface area contributed by atoms with Crippen molar-refractivity contribution in [2.75, 3.05) is 5.32 Å². The first-order chi connectivity index (χ1) is 16.7. The normalized spacial score (nSPS) is 13.5. The zero-order valence-corrected chi connectivity index (χ0v) is 18.4. The van der Waals surface area contributed by atoms with Crippen LogP contribution in [-0.2, 0) is 6.67 Å². The van der Waals surface area contributed by atoms with Gasteiger partial charge >= 0.3 is 5.95 Å². The van der Waals surface area contributed by atoms with E-state index < -0.39 is 34.8 Å². The van der Waals surface area contributed by atoms with Crippen LogP contribution < -0.4 is 11.1 Å². The smallest absolute Gasteiger partial charge is 0.390 e. The predicted octanol–water partition coefficient (Wildman–Crippen LogP) is 2.66. The topological polar surface area (TPSA) is 177 Å². The lowest BCUT2D eigenvalue weighted by Gasteiger charge is -2.09. The standard InChI is InChI=1S/C19H15F2N9O4S/c20-15(21)11-5-9(8-1-2-8)12-13(14(16(22)31)35-18(12)24-11)25-17(32)10-3-4-28(26-10)7-29-6-23-19(27-29)30(33)34/h3-6,8,15H,1-2,7H2,(H2,22,31)(H,25,32). The maximum atomic E-state index is 13.4. The highest BCUT2D eigenvalue weighted by Gasteiger charge is 2.32. The molecule has 1 aliphatic carbocycles. The molecule has 0 radical (unpaired) electrons. The van der Waals surface area contributed by atoms with Gasteiger partial charge in [-0.15, -0.1) is 11.3 Å². The molecule has 1 fully saturated rings. The van der Waals surface area contributed by atoms with E-state index in [-0.39, 0.29) is 33.7 Å². The van der Waals surface area contributed by atoms with Gasteiger partial charge in [-0.1, -0.05) is 4.98 Å². The van der Waals surface area contributed by atoms with Gasteiger partial charge in [0.25, 0.3) is 18.2 Å². The number of nitrogens with zero attached hydrogens (tertiary/aromatic N) is 7. The number of nitrogens with one attached hydrogen (secondary N) is 1. The van der Waals surface area contributed by atoms with Gasteiger partial charge in [-0.2, -0.15) is 9.78 Å². The molecule has 0 aromatic carbocycles. The number of thiophene rings is 1. The molecule has 0 spiro atoms. The summed E-state index contributed by atoms with van der Waals surface area (Å²) >= 11 is 0.839. The van der Waals surface area contributed by atoms with Gasteiger partial charge in [-0.3, -0.25) is 9.59 Å². The van der Waals surface area contributed by atoms with Crippen LogP contribution in [0.4, 0.5) is 20.4 Å². The van der Waals surface area contributed by atoms with Crippen LogP contribution in [0.25, 0.3) is 10.2 Å². The summed E-state index contributed by atoms with van der Waals surface area (Å²) in [7, 11) is 0. The summed E-state index contributed by atoms with van der Waals surface area (Å²) in [5.41, 5.74) is 5.77. The van der Waals surface area contributed by atoms with E-state index in [9.17, 15) is 28.5 Å². The van der Waals surface area contributed by atoms with Crippen LogP contribution in [0.5, 0.6) is 0 Å². The van der Waals surface area contributed by atoms with Crippen molar-refractivity contribution in [2.24, 2.45) is 5.73 Å². The Morgan fingerprint density at radius 3 is 2.71 bits per heavy atom. The molecule has 1 aliphatic rings. The van der Waals surface area contributed by atoms with E-state index in [1.165, 1.54) is 27.7 Å². The molecule has 4 aromatic heterocycles. The third-order valence-corrected chi connectivity index (χ3v) is 6.36. The number of carbonyl (C=O) groups excluding carboxylic acids is 2. The average molecular weight is 503 g/mol. The Morgan fingerprint density at radius 1 is 1.31 bits per heavy atom. The van der Waals surface area contributed by atoms with Crippen LogP contribution in [0.2, 0.25) is 0 Å². The van der Waals surface area contributed by atoms with Crippen molar-refractivity contribution < 1.29 is 23.3 Å². The van der Waals surface area contributed by atoms with Crippen LogP contribution >= 0.6 is 11.3 Å². The number of carbonyl (C=O) groups is 2. The first kappa shape index (κ1) is 22.5. The van der Waals surface area contributed by atoms with Crippen molar-refractivity contribution in [1.82, 2.24) is 29.5 Å². The number of alkyl halides is 2. The molecule has 5 rings (SSSR count). The van der Waals surface area contributed by atoms with E-state index in [1.54, 1.807) is 0 Å². The average Bonchev–Trinajstić information content (AvgIpc) is 3.19. The number of hydrogen-bond acceptors (Lipinski definition) is 9. The Hall–Kier alpha value is -4.34. The number of nitrogens with two attached hydrogens (primary N) is 1. The molecule has 0 unspecified atom stereocenters. The van der Waals surface area contributed by atoms with Crippen LogP contribution in [0.1, 0.15) is 56.6 Å². The highest BCUT2D eigenvalue weighted by Crippen LogP contribution is 2.48. The molecule has 35 heavy (non-hydrogen) atoms. The number of halogens is 2. The summed E-state index contributed by atoms with van der Waals surface area (Å²) in [5.74, 6) is -2.06. The van der Waals surface area contributed by atoms with Gasteiger partial charge in [0.1, 0.15) is 15.4 Å². The minimum absolute atomic E-state index is 0.0106. The molecule has 2 amide bonds. The van der Waals surface area contributed by atoms with Crippen molar-refractivity contribution in [3.8, 4) is 0 Å². The largest absolute Gasteiger partial charge is 0.491 e. The van der Waals surface area contributed by atoms with Crippen LogP contribution in [-0.4, -0.2) is 46.3 Å². The zero-order chi connectivity index (χ0) is 24.9. The monoisotopic (exact) mass is 503 g/mol. The summed E-state index contributed by atoms with van der Waals surface area (Å²) in [4.78, 5) is 42.7. The molecular weight excluding hydrogens is 488 g/mol. The van der Waals surface area contributed by atoms with E-state index in [0.29, 0.717) is 10.9 Å².